The highest BCUT2D eigenvalue weighted by molar-refractivity contribution is 7.80. The van der Waals surface area contributed by atoms with Gasteiger partial charge in [-0.05, 0) is 54.7 Å². The fraction of sp³-hybridized carbons (Fsp3) is 0. The van der Waals surface area contributed by atoms with E-state index in [-0.39, 0.29) is 5.11 Å². The number of furan rings is 1. The molecule has 0 saturated carbocycles. The molecule has 0 spiro atoms. The highest BCUT2D eigenvalue weighted by Crippen LogP contribution is 2.34. The second kappa shape index (κ2) is 9.31. The van der Waals surface area contributed by atoms with Crippen LogP contribution in [-0.4, -0.2) is 16.0 Å². The number of benzene rings is 2. The Labute approximate surface area is 193 Å². The summed E-state index contributed by atoms with van der Waals surface area (Å²) in [6.45, 7) is 0. The third-order valence-electron chi connectivity index (χ3n) is 4.36. The van der Waals surface area contributed by atoms with E-state index in [0.29, 0.717) is 32.8 Å². The van der Waals surface area contributed by atoms with Gasteiger partial charge in [0, 0.05) is 23.2 Å². The molecule has 4 aromatic rings. The number of para-hydroxylation sites is 1. The van der Waals surface area contributed by atoms with E-state index in [4.69, 9.17) is 39.8 Å². The fourth-order valence-electron chi connectivity index (χ4n) is 2.95. The second-order valence-electron chi connectivity index (χ2n) is 6.46. The van der Waals surface area contributed by atoms with Crippen LogP contribution in [0.25, 0.3) is 28.3 Å². The number of amides is 1. The van der Waals surface area contributed by atoms with Gasteiger partial charge in [0.05, 0.1) is 21.2 Å². The van der Waals surface area contributed by atoms with Crippen molar-refractivity contribution in [3.63, 3.8) is 0 Å². The highest BCUT2D eigenvalue weighted by Gasteiger charge is 2.10. The summed E-state index contributed by atoms with van der Waals surface area (Å²) in [5, 5.41) is 7.59. The van der Waals surface area contributed by atoms with Gasteiger partial charge in [-0.3, -0.25) is 15.1 Å². The van der Waals surface area contributed by atoms with Gasteiger partial charge in [0.15, 0.2) is 5.11 Å². The Morgan fingerprint density at radius 1 is 1.03 bits per heavy atom. The minimum absolute atomic E-state index is 0.165. The molecule has 31 heavy (non-hydrogen) atoms. The lowest BCUT2D eigenvalue weighted by molar-refractivity contribution is -0.115. The van der Waals surface area contributed by atoms with Crippen LogP contribution in [0, 0.1) is 0 Å². The molecule has 1 amide bonds. The van der Waals surface area contributed by atoms with Crippen molar-refractivity contribution in [1.29, 1.82) is 0 Å². The first-order valence-corrected chi connectivity index (χ1v) is 10.4. The number of nitrogens with one attached hydrogen (secondary N) is 2. The van der Waals surface area contributed by atoms with Crippen LogP contribution in [0.5, 0.6) is 0 Å². The summed E-state index contributed by atoms with van der Waals surface area (Å²) in [5.41, 5.74) is 2.15. The normalized spacial score (nSPS) is 11.0. The number of halogens is 2. The van der Waals surface area contributed by atoms with Gasteiger partial charge < -0.3 is 9.73 Å². The monoisotopic (exact) mass is 467 g/mol. The van der Waals surface area contributed by atoms with Crippen LogP contribution in [-0.2, 0) is 4.79 Å². The number of hydrogen-bond donors (Lipinski definition) is 2. The SMILES string of the molecule is O=C(C=Cc1ccc(-c2cccc(Cl)c2Cl)o1)NC(=S)Nc1cccc2cccnc12. The van der Waals surface area contributed by atoms with Crippen LogP contribution in [0.4, 0.5) is 5.69 Å². The van der Waals surface area contributed by atoms with Crippen LogP contribution in [0.1, 0.15) is 5.76 Å². The Bertz CT molecular complexity index is 1310. The third kappa shape index (κ3) is 4.94. The molecule has 0 aliphatic carbocycles. The first-order chi connectivity index (χ1) is 15.0. The Morgan fingerprint density at radius 3 is 2.71 bits per heavy atom. The lowest BCUT2D eigenvalue weighted by atomic mass is 10.2. The van der Waals surface area contributed by atoms with Crippen LogP contribution in [0.2, 0.25) is 10.0 Å². The molecule has 0 fully saturated rings. The Kier molecular flexibility index (Phi) is 6.32. The van der Waals surface area contributed by atoms with E-state index in [1.807, 2.05) is 30.3 Å². The van der Waals surface area contributed by atoms with E-state index < -0.39 is 5.91 Å². The largest absolute Gasteiger partial charge is 0.457 e. The van der Waals surface area contributed by atoms with Crippen LogP contribution in [0.15, 0.2) is 77.4 Å². The van der Waals surface area contributed by atoms with Crippen molar-refractivity contribution in [2.75, 3.05) is 5.32 Å². The number of carbonyl (C=O) groups is 1. The predicted molar refractivity (Wildman–Crippen MR) is 129 cm³/mol. The lowest BCUT2D eigenvalue weighted by Crippen LogP contribution is -2.32. The molecule has 5 nitrogen and oxygen atoms in total. The van der Waals surface area contributed by atoms with Crippen LogP contribution >= 0.6 is 35.4 Å². The number of fused-ring (bicyclic) bond motifs is 1. The second-order valence-corrected chi connectivity index (χ2v) is 7.65. The van der Waals surface area contributed by atoms with Crippen molar-refractivity contribution in [2.45, 2.75) is 0 Å². The number of thiocarbonyl (C=S) groups is 1. The maximum atomic E-state index is 12.2. The maximum absolute atomic E-state index is 12.2. The van der Waals surface area contributed by atoms with Gasteiger partial charge in [0.25, 0.3) is 0 Å². The molecular formula is C23H15Cl2N3O2S. The summed E-state index contributed by atoms with van der Waals surface area (Å²) >= 11 is 17.5. The van der Waals surface area contributed by atoms with Crippen molar-refractivity contribution in [1.82, 2.24) is 10.3 Å². The fourth-order valence-corrected chi connectivity index (χ4v) is 3.56. The molecule has 2 aromatic heterocycles. The van der Waals surface area contributed by atoms with Crippen molar-refractivity contribution < 1.29 is 9.21 Å². The van der Waals surface area contributed by atoms with E-state index in [9.17, 15) is 4.79 Å². The van der Waals surface area contributed by atoms with Crippen LogP contribution in [0.3, 0.4) is 0 Å². The highest BCUT2D eigenvalue weighted by atomic mass is 35.5. The molecule has 0 radical (unpaired) electrons. The molecule has 0 atom stereocenters. The summed E-state index contributed by atoms with van der Waals surface area (Å²) in [6.07, 6.45) is 4.57. The van der Waals surface area contributed by atoms with E-state index in [2.05, 4.69) is 15.6 Å². The maximum Gasteiger partial charge on any atom is 0.250 e. The van der Waals surface area contributed by atoms with E-state index in [0.717, 1.165) is 10.9 Å². The minimum Gasteiger partial charge on any atom is -0.457 e. The molecule has 154 valence electrons. The molecule has 0 aliphatic rings. The van der Waals surface area contributed by atoms with E-state index in [1.54, 1.807) is 42.6 Å². The van der Waals surface area contributed by atoms with Crippen molar-refractivity contribution >= 4 is 69.1 Å². The molecule has 2 aromatic carbocycles. The topological polar surface area (TPSA) is 67.2 Å². The minimum atomic E-state index is -0.399. The number of pyridine rings is 1. The van der Waals surface area contributed by atoms with Crippen molar-refractivity contribution in [3.05, 3.63) is 88.7 Å². The number of aromatic nitrogens is 1. The summed E-state index contributed by atoms with van der Waals surface area (Å²) in [6, 6.07) is 18.3. The van der Waals surface area contributed by atoms with Gasteiger partial charge in [-0.25, -0.2) is 0 Å². The third-order valence-corrected chi connectivity index (χ3v) is 5.38. The predicted octanol–water partition coefficient (Wildman–Crippen LogP) is 6.33. The Balaban J connectivity index is 1.40. The molecule has 2 heterocycles. The molecule has 4 rings (SSSR count). The zero-order valence-corrected chi connectivity index (χ0v) is 18.3. The molecule has 2 N–H and O–H groups in total. The lowest BCUT2D eigenvalue weighted by Gasteiger charge is -2.10. The first kappa shape index (κ1) is 21.1. The van der Waals surface area contributed by atoms with Crippen LogP contribution < -0.4 is 10.6 Å². The van der Waals surface area contributed by atoms with Gasteiger partial charge in [-0.15, -0.1) is 0 Å². The number of carbonyl (C=O) groups excluding carboxylic acids is 1. The average Bonchev–Trinajstić information content (AvgIpc) is 3.23. The zero-order valence-electron chi connectivity index (χ0n) is 15.9. The molecular weight excluding hydrogens is 453 g/mol. The van der Waals surface area contributed by atoms with Gasteiger partial charge >= 0.3 is 0 Å². The van der Waals surface area contributed by atoms with E-state index >= 15 is 0 Å². The quantitative estimate of drug-likeness (QED) is 0.271. The summed E-state index contributed by atoms with van der Waals surface area (Å²) < 4.78 is 5.74. The van der Waals surface area contributed by atoms with Gasteiger partial charge in [-0.1, -0.05) is 47.5 Å². The van der Waals surface area contributed by atoms with Crippen molar-refractivity contribution in [3.8, 4) is 11.3 Å². The summed E-state index contributed by atoms with van der Waals surface area (Å²) in [7, 11) is 0. The summed E-state index contributed by atoms with van der Waals surface area (Å²) in [4.78, 5) is 16.6. The first-order valence-electron chi connectivity index (χ1n) is 9.19. The molecule has 8 heteroatoms. The molecule has 0 saturated heterocycles. The number of hydrogen-bond acceptors (Lipinski definition) is 4. The van der Waals surface area contributed by atoms with Gasteiger partial charge in [0.1, 0.15) is 11.5 Å². The average molecular weight is 468 g/mol. The number of nitrogens with zero attached hydrogens (tertiary/aromatic N) is 1. The molecule has 0 unspecified atom stereocenters. The molecule has 0 bridgehead atoms. The number of rotatable bonds is 4. The Morgan fingerprint density at radius 2 is 1.84 bits per heavy atom. The standard InChI is InChI=1S/C23H15Cl2N3O2S/c24-17-7-2-6-16(21(17)25)19-11-9-15(30-19)10-12-20(29)28-23(31)27-18-8-1-4-14-5-3-13-26-22(14)18/h1-13H,(H2,27,28,29,31). The Hall–Kier alpha value is -3.19. The molecule has 0 aliphatic heterocycles. The van der Waals surface area contributed by atoms with Gasteiger partial charge in [0.2, 0.25) is 5.91 Å². The summed E-state index contributed by atoms with van der Waals surface area (Å²) in [5.74, 6) is 0.635. The zero-order chi connectivity index (χ0) is 21.8. The van der Waals surface area contributed by atoms with E-state index in [1.165, 1.54) is 6.08 Å². The van der Waals surface area contributed by atoms with Crippen molar-refractivity contribution in [2.24, 2.45) is 0 Å². The smallest absolute Gasteiger partial charge is 0.250 e. The number of anilines is 1. The van der Waals surface area contributed by atoms with Gasteiger partial charge in [-0.2, -0.15) is 0 Å².